The molecule has 1 amide bonds. The number of rotatable bonds is 4. The number of hydrogen-bond donors (Lipinski definition) is 0. The van der Waals surface area contributed by atoms with Crippen molar-refractivity contribution in [2.75, 3.05) is 32.8 Å². The molecule has 0 saturated carbocycles. The summed E-state index contributed by atoms with van der Waals surface area (Å²) in [5.74, 6) is -0.424. The number of amides is 1. The molecule has 3 heterocycles. The van der Waals surface area contributed by atoms with E-state index in [9.17, 15) is 9.18 Å². The molecule has 0 unspecified atom stereocenters. The SMILES string of the molecule is [C-]#[N+]c1c(F)ccc([C@@H]2CN3CCN(C(=O)Cc4cccc(-n5cnnn5)c4)C[C@H]3CO2)c1C. The fourth-order valence-electron chi connectivity index (χ4n) is 4.74. The molecule has 2 aliphatic heterocycles. The number of hydrogen-bond acceptors (Lipinski definition) is 6. The van der Waals surface area contributed by atoms with Gasteiger partial charge in [0.15, 0.2) is 0 Å². The molecule has 0 bridgehead atoms. The van der Waals surface area contributed by atoms with Gasteiger partial charge in [0.1, 0.15) is 12.1 Å². The van der Waals surface area contributed by atoms with Crippen LogP contribution in [0.4, 0.5) is 10.1 Å². The first-order valence-corrected chi connectivity index (χ1v) is 11.2. The van der Waals surface area contributed by atoms with E-state index in [1.165, 1.54) is 12.4 Å². The van der Waals surface area contributed by atoms with Gasteiger partial charge in [0.25, 0.3) is 0 Å². The summed E-state index contributed by atoms with van der Waals surface area (Å²) in [7, 11) is 0. The van der Waals surface area contributed by atoms with Crippen LogP contribution in [0.2, 0.25) is 0 Å². The van der Waals surface area contributed by atoms with Gasteiger partial charge < -0.3 is 9.64 Å². The molecule has 5 rings (SSSR count). The monoisotopic (exact) mass is 461 g/mol. The van der Waals surface area contributed by atoms with Crippen molar-refractivity contribution in [1.82, 2.24) is 30.0 Å². The third-order valence-electron chi connectivity index (χ3n) is 6.61. The molecule has 2 aromatic carbocycles. The second kappa shape index (κ2) is 9.29. The molecule has 3 aromatic rings. The summed E-state index contributed by atoms with van der Waals surface area (Å²) in [6, 6.07) is 10.8. The summed E-state index contributed by atoms with van der Waals surface area (Å²) in [6.45, 7) is 12.2. The summed E-state index contributed by atoms with van der Waals surface area (Å²) in [5, 5.41) is 11.2. The van der Waals surface area contributed by atoms with Crippen LogP contribution in [0.5, 0.6) is 0 Å². The van der Waals surface area contributed by atoms with Gasteiger partial charge in [0, 0.05) is 26.2 Å². The zero-order valence-corrected chi connectivity index (χ0v) is 18.8. The molecule has 9 nitrogen and oxygen atoms in total. The summed E-state index contributed by atoms with van der Waals surface area (Å²) < 4.78 is 21.6. The standard InChI is InChI=1S/C24H24FN7O2/c1-16-20(6-7-21(25)24(16)26-2)22-13-30-8-9-31(12-19(30)14-34-22)23(33)11-17-4-3-5-18(10-17)32-15-27-28-29-32/h3-7,10,15,19,22H,8-9,11-14H2,1H3/t19-,22-/m0/s1. The van der Waals surface area contributed by atoms with Crippen LogP contribution in [0.1, 0.15) is 22.8 Å². The first-order chi connectivity index (χ1) is 16.5. The van der Waals surface area contributed by atoms with Crippen LogP contribution < -0.4 is 0 Å². The molecule has 1 aromatic heterocycles. The normalized spacial score (nSPS) is 20.6. The number of fused-ring (bicyclic) bond motifs is 1. The lowest BCUT2D eigenvalue weighted by atomic mass is 9.98. The number of tetrazole rings is 1. The Bertz CT molecular complexity index is 1240. The number of aromatic nitrogens is 4. The van der Waals surface area contributed by atoms with Crippen LogP contribution in [-0.2, 0) is 16.0 Å². The number of carbonyl (C=O) groups excluding carboxylic acids is 1. The number of benzene rings is 2. The summed E-state index contributed by atoms with van der Waals surface area (Å²) >= 11 is 0. The maximum absolute atomic E-state index is 13.9. The minimum absolute atomic E-state index is 0.0581. The third kappa shape index (κ3) is 4.27. The van der Waals surface area contributed by atoms with Gasteiger partial charge in [-0.15, -0.1) is 5.10 Å². The molecule has 2 atom stereocenters. The molecular formula is C24H24FN7O2. The van der Waals surface area contributed by atoms with E-state index in [4.69, 9.17) is 11.3 Å². The molecule has 174 valence electrons. The number of carbonyl (C=O) groups is 1. The zero-order chi connectivity index (χ0) is 23.7. The van der Waals surface area contributed by atoms with E-state index in [2.05, 4.69) is 25.3 Å². The van der Waals surface area contributed by atoms with Crippen molar-refractivity contribution in [2.45, 2.75) is 25.5 Å². The van der Waals surface area contributed by atoms with Gasteiger partial charge >= 0.3 is 0 Å². The Kier molecular flexibility index (Phi) is 6.04. The minimum atomic E-state index is -0.499. The van der Waals surface area contributed by atoms with Crippen molar-refractivity contribution in [3.8, 4) is 5.69 Å². The summed E-state index contributed by atoms with van der Waals surface area (Å²) in [4.78, 5) is 20.6. The fraction of sp³-hybridized carbons (Fsp3) is 0.375. The Hall–Kier alpha value is -3.68. The van der Waals surface area contributed by atoms with Gasteiger partial charge in [-0.2, -0.15) is 0 Å². The highest BCUT2D eigenvalue weighted by Gasteiger charge is 2.36. The first kappa shape index (κ1) is 22.1. The van der Waals surface area contributed by atoms with Crippen molar-refractivity contribution < 1.29 is 13.9 Å². The van der Waals surface area contributed by atoms with Crippen LogP contribution in [0.25, 0.3) is 10.5 Å². The molecule has 0 spiro atoms. The Balaban J connectivity index is 1.22. The van der Waals surface area contributed by atoms with Gasteiger partial charge in [-0.3, -0.25) is 9.69 Å². The molecule has 2 saturated heterocycles. The Morgan fingerprint density at radius 1 is 1.26 bits per heavy atom. The Morgan fingerprint density at radius 3 is 2.94 bits per heavy atom. The first-order valence-electron chi connectivity index (χ1n) is 11.2. The van der Waals surface area contributed by atoms with E-state index in [1.54, 1.807) is 17.7 Å². The average molecular weight is 462 g/mol. The van der Waals surface area contributed by atoms with Crippen molar-refractivity contribution in [1.29, 1.82) is 0 Å². The van der Waals surface area contributed by atoms with Gasteiger partial charge in [0.05, 0.1) is 37.4 Å². The average Bonchev–Trinajstić information content (AvgIpc) is 3.39. The minimum Gasteiger partial charge on any atom is -0.371 e. The number of piperazine rings is 1. The number of nitrogens with zero attached hydrogens (tertiary/aromatic N) is 7. The largest absolute Gasteiger partial charge is 0.371 e. The molecule has 2 fully saturated rings. The molecule has 2 aliphatic rings. The zero-order valence-electron chi connectivity index (χ0n) is 18.8. The number of ether oxygens (including phenoxy) is 1. The Morgan fingerprint density at radius 2 is 2.15 bits per heavy atom. The highest BCUT2D eigenvalue weighted by molar-refractivity contribution is 5.79. The van der Waals surface area contributed by atoms with Crippen LogP contribution in [-0.4, -0.2) is 74.7 Å². The van der Waals surface area contributed by atoms with Gasteiger partial charge in [0.2, 0.25) is 11.6 Å². The molecule has 34 heavy (non-hydrogen) atoms. The van der Waals surface area contributed by atoms with E-state index in [0.717, 1.165) is 23.4 Å². The number of halogens is 1. The van der Waals surface area contributed by atoms with Gasteiger partial charge in [-0.25, -0.2) is 13.9 Å². The van der Waals surface area contributed by atoms with E-state index >= 15 is 0 Å². The second-order valence-electron chi connectivity index (χ2n) is 8.63. The highest BCUT2D eigenvalue weighted by Crippen LogP contribution is 2.34. The van der Waals surface area contributed by atoms with Crippen LogP contribution in [0.15, 0.2) is 42.7 Å². The highest BCUT2D eigenvalue weighted by atomic mass is 19.1. The Labute approximate surface area is 196 Å². The molecule has 10 heteroatoms. The quantitative estimate of drug-likeness (QED) is 0.556. The van der Waals surface area contributed by atoms with Crippen molar-refractivity contribution in [2.24, 2.45) is 0 Å². The predicted molar refractivity (Wildman–Crippen MR) is 121 cm³/mol. The second-order valence-corrected chi connectivity index (χ2v) is 8.63. The van der Waals surface area contributed by atoms with E-state index in [0.29, 0.717) is 38.2 Å². The van der Waals surface area contributed by atoms with Gasteiger partial charge in [-0.1, -0.05) is 18.2 Å². The number of morpholine rings is 1. The predicted octanol–water partition coefficient (Wildman–Crippen LogP) is 2.49. The van der Waals surface area contributed by atoms with Gasteiger partial charge in [-0.05, 0) is 52.2 Å². The third-order valence-corrected chi connectivity index (χ3v) is 6.61. The fourth-order valence-corrected chi connectivity index (χ4v) is 4.74. The molecule has 0 radical (unpaired) electrons. The van der Waals surface area contributed by atoms with Crippen LogP contribution >= 0.6 is 0 Å². The molecular weight excluding hydrogens is 437 g/mol. The molecule has 0 aliphatic carbocycles. The topological polar surface area (TPSA) is 80.7 Å². The van der Waals surface area contributed by atoms with Crippen LogP contribution in [0, 0.1) is 19.3 Å². The van der Waals surface area contributed by atoms with Crippen molar-refractivity contribution >= 4 is 11.6 Å². The molecule has 0 N–H and O–H groups in total. The maximum Gasteiger partial charge on any atom is 0.227 e. The summed E-state index contributed by atoms with van der Waals surface area (Å²) in [5.41, 5.74) is 3.26. The van der Waals surface area contributed by atoms with Crippen LogP contribution in [0.3, 0.4) is 0 Å². The maximum atomic E-state index is 13.9. The van der Waals surface area contributed by atoms with E-state index < -0.39 is 5.82 Å². The summed E-state index contributed by atoms with van der Waals surface area (Å²) in [6.07, 6.45) is 1.61. The smallest absolute Gasteiger partial charge is 0.227 e. The van der Waals surface area contributed by atoms with E-state index in [-0.39, 0.29) is 23.7 Å². The lowest BCUT2D eigenvalue weighted by molar-refractivity contribution is -0.139. The van der Waals surface area contributed by atoms with Crippen molar-refractivity contribution in [3.05, 3.63) is 76.7 Å². The van der Waals surface area contributed by atoms with E-state index in [1.807, 2.05) is 29.2 Å². The lowest BCUT2D eigenvalue weighted by Gasteiger charge is -2.46. The lowest BCUT2D eigenvalue weighted by Crippen LogP contribution is -2.59. The van der Waals surface area contributed by atoms with Crippen molar-refractivity contribution in [3.63, 3.8) is 0 Å².